The molecule has 4 heteroatoms. The van der Waals surface area contributed by atoms with E-state index < -0.39 is 0 Å². The Morgan fingerprint density at radius 1 is 1.04 bits per heavy atom. The second-order valence-corrected chi connectivity index (χ2v) is 10.1. The lowest BCUT2D eigenvalue weighted by molar-refractivity contribution is -0.128. The number of aliphatic hydroxyl groups is 1. The Morgan fingerprint density at radius 2 is 1.73 bits per heavy atom. The first-order chi connectivity index (χ1) is 12.5. The number of carbonyl (C=O) groups excluding carboxylic acids is 1. The molecule has 26 heavy (non-hydrogen) atoms. The van der Waals surface area contributed by atoms with E-state index in [-0.39, 0.29) is 11.5 Å². The molecule has 1 N–H and O–H groups in total. The zero-order valence-electron chi connectivity index (χ0n) is 16.8. The van der Waals surface area contributed by atoms with Crippen molar-refractivity contribution >= 4 is 21.7 Å². The molecule has 8 atom stereocenters. The standard InChI is InChI=1S/C20H31BrO2.C2H6O/c1-20-9-8-15-14-5-3-13(22)10-12(14)2-4-16(15)17(20)6-7-18(20)19(23)11-21;1-3-2/h12-18,22H,2-11H2,1H3;1-2H3. The van der Waals surface area contributed by atoms with Crippen LogP contribution >= 0.6 is 15.9 Å². The maximum atomic E-state index is 12.4. The Kier molecular flexibility index (Phi) is 6.89. The van der Waals surface area contributed by atoms with Gasteiger partial charge < -0.3 is 9.84 Å². The van der Waals surface area contributed by atoms with Gasteiger partial charge in [0, 0.05) is 20.1 Å². The van der Waals surface area contributed by atoms with E-state index in [0.29, 0.717) is 17.0 Å². The van der Waals surface area contributed by atoms with Crippen LogP contribution in [0, 0.1) is 40.9 Å². The summed E-state index contributed by atoms with van der Waals surface area (Å²) < 4.78 is 4.25. The minimum Gasteiger partial charge on any atom is -0.393 e. The lowest BCUT2D eigenvalue weighted by atomic mass is 9.49. The van der Waals surface area contributed by atoms with Crippen LogP contribution in [0.1, 0.15) is 64.7 Å². The third-order valence-electron chi connectivity index (χ3n) is 8.45. The minimum atomic E-state index is -0.0333. The van der Waals surface area contributed by atoms with Crippen LogP contribution in [0.3, 0.4) is 0 Å². The molecule has 0 saturated heterocycles. The van der Waals surface area contributed by atoms with Gasteiger partial charge in [0.2, 0.25) is 0 Å². The second kappa shape index (κ2) is 8.61. The van der Waals surface area contributed by atoms with Crippen molar-refractivity contribution in [2.24, 2.45) is 40.9 Å². The summed E-state index contributed by atoms with van der Waals surface area (Å²) in [6.45, 7) is 2.43. The number of hydrogen-bond donors (Lipinski definition) is 1. The van der Waals surface area contributed by atoms with E-state index in [0.717, 1.165) is 48.9 Å². The Hall–Kier alpha value is 0.0700. The van der Waals surface area contributed by atoms with Crippen molar-refractivity contribution in [3.05, 3.63) is 0 Å². The number of ether oxygens (including phenoxy) is 1. The quantitative estimate of drug-likeness (QED) is 0.639. The normalized spacial score (nSPS) is 47.0. The molecule has 0 spiro atoms. The van der Waals surface area contributed by atoms with E-state index in [1.807, 2.05) is 0 Å². The monoisotopic (exact) mass is 428 g/mol. The fourth-order valence-corrected chi connectivity index (χ4v) is 7.84. The SMILES string of the molecule is CC12CCC3C4CCC(O)CC4CCC3C1CCC2C(=O)CBr.COC. The van der Waals surface area contributed by atoms with Gasteiger partial charge in [0.25, 0.3) is 0 Å². The molecule has 0 aliphatic heterocycles. The van der Waals surface area contributed by atoms with Crippen LogP contribution < -0.4 is 0 Å². The van der Waals surface area contributed by atoms with Crippen molar-refractivity contribution in [2.75, 3.05) is 19.5 Å². The van der Waals surface area contributed by atoms with Gasteiger partial charge in [0.05, 0.1) is 11.4 Å². The van der Waals surface area contributed by atoms with Gasteiger partial charge in [-0.15, -0.1) is 0 Å². The van der Waals surface area contributed by atoms with E-state index in [1.54, 1.807) is 14.2 Å². The number of aliphatic hydroxyl groups excluding tert-OH is 1. The Balaban J connectivity index is 0.000000613. The first-order valence-electron chi connectivity index (χ1n) is 10.6. The van der Waals surface area contributed by atoms with E-state index in [9.17, 15) is 9.90 Å². The van der Waals surface area contributed by atoms with E-state index >= 15 is 0 Å². The molecule has 8 unspecified atom stereocenters. The number of fused-ring (bicyclic) bond motifs is 5. The lowest BCUT2D eigenvalue weighted by Crippen LogP contribution is -2.49. The fourth-order valence-electron chi connectivity index (χ4n) is 7.45. The smallest absolute Gasteiger partial charge is 0.147 e. The number of ketones is 1. The predicted molar refractivity (Wildman–Crippen MR) is 108 cm³/mol. The summed E-state index contributed by atoms with van der Waals surface area (Å²) in [5.74, 6) is 4.93. The third kappa shape index (κ3) is 3.67. The van der Waals surface area contributed by atoms with Crippen LogP contribution in [0.4, 0.5) is 0 Å². The molecule has 0 bridgehead atoms. The van der Waals surface area contributed by atoms with Crippen molar-refractivity contribution in [3.8, 4) is 0 Å². The van der Waals surface area contributed by atoms with Crippen molar-refractivity contribution in [3.63, 3.8) is 0 Å². The van der Waals surface area contributed by atoms with Crippen molar-refractivity contribution in [1.82, 2.24) is 0 Å². The molecule has 0 aromatic rings. The molecule has 0 radical (unpaired) electrons. The molecule has 0 heterocycles. The number of carbonyl (C=O) groups is 1. The maximum absolute atomic E-state index is 12.4. The van der Waals surface area contributed by atoms with E-state index in [4.69, 9.17) is 0 Å². The first kappa shape index (κ1) is 20.8. The van der Waals surface area contributed by atoms with Gasteiger partial charge >= 0.3 is 0 Å². The number of halogens is 1. The minimum absolute atomic E-state index is 0.0333. The molecular formula is C22H37BrO3. The van der Waals surface area contributed by atoms with Gasteiger partial charge in [0.1, 0.15) is 5.78 Å². The highest BCUT2D eigenvalue weighted by Crippen LogP contribution is 2.64. The summed E-state index contributed by atoms with van der Waals surface area (Å²) in [6, 6.07) is 0. The van der Waals surface area contributed by atoms with Gasteiger partial charge in [-0.25, -0.2) is 0 Å². The summed E-state index contributed by atoms with van der Waals surface area (Å²) in [6.07, 6.45) is 11.0. The molecule has 4 aliphatic carbocycles. The Morgan fingerprint density at radius 3 is 2.42 bits per heavy atom. The Bertz CT molecular complexity index is 496. The zero-order valence-corrected chi connectivity index (χ0v) is 18.3. The topological polar surface area (TPSA) is 46.5 Å². The molecule has 150 valence electrons. The van der Waals surface area contributed by atoms with Gasteiger partial charge in [-0.3, -0.25) is 4.79 Å². The average molecular weight is 429 g/mol. The molecule has 0 aromatic carbocycles. The maximum Gasteiger partial charge on any atom is 0.147 e. The summed E-state index contributed by atoms with van der Waals surface area (Å²) in [4.78, 5) is 12.4. The highest BCUT2D eigenvalue weighted by Gasteiger charge is 2.58. The summed E-state index contributed by atoms with van der Waals surface area (Å²) in [5.41, 5.74) is 0.271. The van der Waals surface area contributed by atoms with Crippen LogP contribution in [0.2, 0.25) is 0 Å². The van der Waals surface area contributed by atoms with Gasteiger partial charge in [-0.05, 0) is 92.8 Å². The van der Waals surface area contributed by atoms with Gasteiger partial charge in [0.15, 0.2) is 0 Å². The molecule has 0 aromatic heterocycles. The van der Waals surface area contributed by atoms with Crippen molar-refractivity contribution in [1.29, 1.82) is 0 Å². The Labute approximate surface area is 167 Å². The summed E-state index contributed by atoms with van der Waals surface area (Å²) in [7, 11) is 3.25. The highest BCUT2D eigenvalue weighted by atomic mass is 79.9. The lowest BCUT2D eigenvalue weighted by Gasteiger charge is -2.56. The molecule has 4 saturated carbocycles. The molecule has 4 fully saturated rings. The van der Waals surface area contributed by atoms with Crippen LogP contribution in [0.5, 0.6) is 0 Å². The van der Waals surface area contributed by atoms with Crippen molar-refractivity contribution in [2.45, 2.75) is 70.8 Å². The fraction of sp³-hybridized carbons (Fsp3) is 0.955. The van der Waals surface area contributed by atoms with Gasteiger partial charge in [-0.1, -0.05) is 22.9 Å². The predicted octanol–water partition coefficient (Wildman–Crippen LogP) is 4.84. The zero-order chi connectivity index (χ0) is 18.9. The number of Topliss-reactive ketones (excluding diaryl/α,β-unsaturated/α-hetero) is 1. The van der Waals surface area contributed by atoms with Crippen LogP contribution in [0.25, 0.3) is 0 Å². The highest BCUT2D eigenvalue weighted by molar-refractivity contribution is 9.09. The molecule has 4 aliphatic rings. The number of rotatable bonds is 2. The largest absolute Gasteiger partial charge is 0.393 e. The summed E-state index contributed by atoms with van der Waals surface area (Å²) >= 11 is 3.41. The summed E-state index contributed by atoms with van der Waals surface area (Å²) in [5, 5.41) is 10.6. The third-order valence-corrected chi connectivity index (χ3v) is 9.00. The first-order valence-corrected chi connectivity index (χ1v) is 11.7. The number of hydrogen-bond acceptors (Lipinski definition) is 3. The van der Waals surface area contributed by atoms with Crippen LogP contribution in [0.15, 0.2) is 0 Å². The van der Waals surface area contributed by atoms with E-state index in [2.05, 4.69) is 27.6 Å². The van der Waals surface area contributed by atoms with Gasteiger partial charge in [-0.2, -0.15) is 0 Å². The van der Waals surface area contributed by atoms with Crippen LogP contribution in [-0.4, -0.2) is 36.5 Å². The average Bonchev–Trinajstić information content (AvgIpc) is 2.98. The molecule has 3 nitrogen and oxygen atoms in total. The number of alkyl halides is 1. The molecule has 0 amide bonds. The molecular weight excluding hydrogens is 392 g/mol. The van der Waals surface area contributed by atoms with Crippen LogP contribution in [-0.2, 0) is 9.53 Å². The number of methoxy groups -OCH3 is 1. The van der Waals surface area contributed by atoms with E-state index in [1.165, 1.54) is 38.5 Å². The molecule has 4 rings (SSSR count). The second-order valence-electron chi connectivity index (χ2n) is 9.58. The van der Waals surface area contributed by atoms with Crippen molar-refractivity contribution < 1.29 is 14.6 Å².